The molecule has 2 aromatic heterocycles. The number of aromatic nitrogens is 4. The summed E-state index contributed by atoms with van der Waals surface area (Å²) in [5, 5.41) is 8.09. The molecule has 27 heavy (non-hydrogen) atoms. The Labute approximate surface area is 154 Å². The van der Waals surface area contributed by atoms with Gasteiger partial charge >= 0.3 is 0 Å². The van der Waals surface area contributed by atoms with Gasteiger partial charge in [-0.05, 0) is 38.1 Å². The van der Waals surface area contributed by atoms with E-state index < -0.39 is 11.9 Å². The van der Waals surface area contributed by atoms with Crippen molar-refractivity contribution in [2.24, 2.45) is 0 Å². The summed E-state index contributed by atoms with van der Waals surface area (Å²) in [6.45, 7) is 4.71. The number of carbonyl (C=O) groups excluding carboxylic acids is 1. The summed E-state index contributed by atoms with van der Waals surface area (Å²) in [6, 6.07) is 5.79. The minimum absolute atomic E-state index is 0.244. The van der Waals surface area contributed by atoms with Crippen LogP contribution in [0.1, 0.15) is 33.6 Å². The van der Waals surface area contributed by atoms with Crippen molar-refractivity contribution in [2.45, 2.75) is 19.9 Å². The number of aryl methyl sites for hydroxylation is 2. The van der Waals surface area contributed by atoms with Crippen LogP contribution < -0.4 is 0 Å². The van der Waals surface area contributed by atoms with E-state index in [9.17, 15) is 9.18 Å². The van der Waals surface area contributed by atoms with Gasteiger partial charge in [-0.3, -0.25) is 4.79 Å². The van der Waals surface area contributed by atoms with Gasteiger partial charge in [0.25, 0.3) is 5.91 Å². The second-order valence-electron chi connectivity index (χ2n) is 6.38. The third-order valence-electron chi connectivity index (χ3n) is 4.50. The summed E-state index contributed by atoms with van der Waals surface area (Å²) in [5.41, 5.74) is 2.15. The third kappa shape index (κ3) is 3.21. The van der Waals surface area contributed by atoms with Crippen molar-refractivity contribution in [1.29, 1.82) is 0 Å². The van der Waals surface area contributed by atoms with Crippen LogP contribution in [-0.4, -0.2) is 50.5 Å². The number of nitrogens with zero attached hydrogens (tertiary/aromatic N) is 5. The van der Waals surface area contributed by atoms with Gasteiger partial charge in [-0.25, -0.2) is 9.07 Å². The number of benzene rings is 1. The smallest absolute Gasteiger partial charge is 0.254 e. The van der Waals surface area contributed by atoms with E-state index in [4.69, 9.17) is 9.26 Å². The summed E-state index contributed by atoms with van der Waals surface area (Å²) >= 11 is 0. The highest BCUT2D eigenvalue weighted by atomic mass is 19.1. The molecule has 1 saturated heterocycles. The van der Waals surface area contributed by atoms with Crippen LogP contribution in [0.15, 0.2) is 35.2 Å². The van der Waals surface area contributed by atoms with E-state index in [1.54, 1.807) is 17.0 Å². The van der Waals surface area contributed by atoms with Crippen LogP contribution in [0.2, 0.25) is 0 Å². The van der Waals surface area contributed by atoms with Crippen molar-refractivity contribution in [1.82, 2.24) is 24.8 Å². The van der Waals surface area contributed by atoms with Gasteiger partial charge in [-0.15, -0.1) is 0 Å². The normalized spacial score (nSPS) is 17.3. The molecular weight excluding hydrogens is 353 g/mol. The summed E-state index contributed by atoms with van der Waals surface area (Å²) in [4.78, 5) is 18.6. The molecule has 0 radical (unpaired) electrons. The van der Waals surface area contributed by atoms with Gasteiger partial charge in [0.1, 0.15) is 17.5 Å². The molecule has 0 saturated carbocycles. The largest absolute Gasteiger partial charge is 0.377 e. The van der Waals surface area contributed by atoms with Crippen molar-refractivity contribution >= 4 is 5.91 Å². The molecule has 0 spiro atoms. The van der Waals surface area contributed by atoms with E-state index in [1.165, 1.54) is 17.1 Å². The highest BCUT2D eigenvalue weighted by molar-refractivity contribution is 5.94. The van der Waals surface area contributed by atoms with Gasteiger partial charge in [0.05, 0.1) is 18.9 Å². The molecule has 4 rings (SSSR count). The Morgan fingerprint density at radius 1 is 1.30 bits per heavy atom. The van der Waals surface area contributed by atoms with Crippen molar-refractivity contribution in [3.05, 3.63) is 59.3 Å². The zero-order valence-corrected chi connectivity index (χ0v) is 14.9. The SMILES string of the molecule is Cc1cc(C)n(-c2ccc(C(=O)N3CCOCC3c3ncon3)cc2F)n1. The molecule has 140 valence electrons. The van der Waals surface area contributed by atoms with Crippen molar-refractivity contribution in [3.8, 4) is 5.69 Å². The van der Waals surface area contributed by atoms with E-state index in [2.05, 4.69) is 15.2 Å². The Bertz CT molecular complexity index is 970. The van der Waals surface area contributed by atoms with Gasteiger partial charge in [0.2, 0.25) is 6.39 Å². The van der Waals surface area contributed by atoms with Crippen LogP contribution in [-0.2, 0) is 4.74 Å². The molecule has 3 heterocycles. The first-order valence-electron chi connectivity index (χ1n) is 8.53. The molecule has 0 N–H and O–H groups in total. The Morgan fingerprint density at radius 2 is 2.15 bits per heavy atom. The maximum Gasteiger partial charge on any atom is 0.254 e. The Morgan fingerprint density at radius 3 is 2.81 bits per heavy atom. The number of ether oxygens (including phenoxy) is 1. The van der Waals surface area contributed by atoms with Crippen LogP contribution in [0.3, 0.4) is 0 Å². The van der Waals surface area contributed by atoms with Crippen LogP contribution in [0.4, 0.5) is 4.39 Å². The molecule has 1 aliphatic heterocycles. The van der Waals surface area contributed by atoms with Crippen molar-refractivity contribution in [2.75, 3.05) is 19.8 Å². The first-order chi connectivity index (χ1) is 13.0. The number of amides is 1. The van der Waals surface area contributed by atoms with Gasteiger partial charge in [-0.2, -0.15) is 10.1 Å². The predicted molar refractivity (Wildman–Crippen MR) is 91.9 cm³/mol. The maximum absolute atomic E-state index is 14.7. The number of hydrogen-bond acceptors (Lipinski definition) is 6. The van der Waals surface area contributed by atoms with Gasteiger partial charge in [0, 0.05) is 17.8 Å². The standard InChI is InChI=1S/C18H18FN5O3/c1-11-7-12(2)24(21-11)15-4-3-13(8-14(15)19)18(25)23-5-6-26-9-16(23)17-20-10-27-22-17/h3-4,7-8,10,16H,5-6,9H2,1-2H3. The lowest BCUT2D eigenvalue weighted by Gasteiger charge is -2.33. The van der Waals surface area contributed by atoms with Crippen LogP contribution >= 0.6 is 0 Å². The molecule has 0 aliphatic carbocycles. The molecule has 9 heteroatoms. The fourth-order valence-electron chi connectivity index (χ4n) is 3.24. The van der Waals surface area contributed by atoms with E-state index >= 15 is 0 Å². The van der Waals surface area contributed by atoms with Gasteiger partial charge < -0.3 is 14.2 Å². The fraction of sp³-hybridized carbons (Fsp3) is 0.333. The zero-order chi connectivity index (χ0) is 19.0. The molecule has 3 aromatic rings. The summed E-state index contributed by atoms with van der Waals surface area (Å²) in [7, 11) is 0. The van der Waals surface area contributed by atoms with Crippen LogP contribution in [0, 0.1) is 19.7 Å². The van der Waals surface area contributed by atoms with Crippen LogP contribution in [0.5, 0.6) is 0 Å². The second-order valence-corrected chi connectivity index (χ2v) is 6.38. The lowest BCUT2D eigenvalue weighted by molar-refractivity contribution is -0.00578. The average Bonchev–Trinajstić information content (AvgIpc) is 3.31. The van der Waals surface area contributed by atoms with Crippen molar-refractivity contribution in [3.63, 3.8) is 0 Å². The third-order valence-corrected chi connectivity index (χ3v) is 4.50. The minimum Gasteiger partial charge on any atom is -0.377 e. The summed E-state index contributed by atoms with van der Waals surface area (Å²) in [5.74, 6) is -0.467. The van der Waals surface area contributed by atoms with E-state index in [1.807, 2.05) is 19.9 Å². The highest BCUT2D eigenvalue weighted by Gasteiger charge is 2.32. The average molecular weight is 371 g/mol. The van der Waals surface area contributed by atoms with Crippen LogP contribution in [0.25, 0.3) is 5.69 Å². The number of carbonyl (C=O) groups is 1. The highest BCUT2D eigenvalue weighted by Crippen LogP contribution is 2.25. The number of halogens is 1. The minimum atomic E-state index is -0.517. The number of hydrogen-bond donors (Lipinski definition) is 0. The number of rotatable bonds is 3. The van der Waals surface area contributed by atoms with E-state index in [-0.39, 0.29) is 18.1 Å². The van der Waals surface area contributed by atoms with E-state index in [0.717, 1.165) is 11.4 Å². The lowest BCUT2D eigenvalue weighted by atomic mass is 10.1. The Hall–Kier alpha value is -3.07. The molecule has 1 aromatic carbocycles. The first-order valence-corrected chi connectivity index (χ1v) is 8.53. The summed E-state index contributed by atoms with van der Waals surface area (Å²) < 4.78 is 26.5. The Kier molecular flexibility index (Phi) is 4.44. The van der Waals surface area contributed by atoms with Crippen molar-refractivity contribution < 1.29 is 18.4 Å². The maximum atomic E-state index is 14.7. The quantitative estimate of drug-likeness (QED) is 0.702. The predicted octanol–water partition coefficient (Wildman–Crippen LogP) is 2.22. The monoisotopic (exact) mass is 371 g/mol. The summed E-state index contributed by atoms with van der Waals surface area (Å²) in [6.07, 6.45) is 1.20. The van der Waals surface area contributed by atoms with E-state index in [0.29, 0.717) is 24.7 Å². The topological polar surface area (TPSA) is 86.3 Å². The first kappa shape index (κ1) is 17.3. The molecule has 1 atom stereocenters. The molecular formula is C18H18FN5O3. The lowest BCUT2D eigenvalue weighted by Crippen LogP contribution is -2.43. The van der Waals surface area contributed by atoms with Gasteiger partial charge in [-0.1, -0.05) is 5.16 Å². The molecule has 1 fully saturated rings. The molecule has 1 aliphatic rings. The molecule has 1 amide bonds. The van der Waals surface area contributed by atoms with Gasteiger partial charge in [0.15, 0.2) is 5.82 Å². The second kappa shape index (κ2) is 6.92. The Balaban J connectivity index is 1.63. The molecule has 0 bridgehead atoms. The molecule has 1 unspecified atom stereocenters. The fourth-order valence-corrected chi connectivity index (χ4v) is 3.24. The number of morpholine rings is 1. The zero-order valence-electron chi connectivity index (χ0n) is 14.9. The molecule has 8 nitrogen and oxygen atoms in total.